The van der Waals surface area contributed by atoms with E-state index in [1.54, 1.807) is 7.11 Å². The Kier molecular flexibility index (Phi) is 4.43. The zero-order valence-corrected chi connectivity index (χ0v) is 18.6. The summed E-state index contributed by atoms with van der Waals surface area (Å²) in [6.45, 7) is 8.70. The van der Waals surface area contributed by atoms with Gasteiger partial charge in [-0.15, -0.1) is 0 Å². The Morgan fingerprint density at radius 1 is 0.935 bits per heavy atom. The fourth-order valence-corrected chi connectivity index (χ4v) is 4.31. The average molecular weight is 415 g/mol. The number of carbonyl (C=O) groups is 1. The van der Waals surface area contributed by atoms with Crippen molar-refractivity contribution in [3.8, 4) is 5.75 Å². The number of anilines is 1. The molecule has 0 aromatic heterocycles. The molecule has 158 valence electrons. The molecule has 0 spiro atoms. The zero-order valence-electron chi connectivity index (χ0n) is 18.6. The summed E-state index contributed by atoms with van der Waals surface area (Å²) in [5.74, 6) is 0.816. The van der Waals surface area contributed by atoms with Crippen LogP contribution in [0.15, 0.2) is 54.6 Å². The summed E-state index contributed by atoms with van der Waals surface area (Å²) in [5, 5.41) is 1.97. The van der Waals surface area contributed by atoms with E-state index in [4.69, 9.17) is 14.0 Å². The third-order valence-corrected chi connectivity index (χ3v) is 6.83. The molecule has 1 fully saturated rings. The molecule has 6 heteroatoms. The van der Waals surface area contributed by atoms with E-state index in [0.717, 1.165) is 38.8 Å². The van der Waals surface area contributed by atoms with E-state index in [2.05, 4.69) is 0 Å². The van der Waals surface area contributed by atoms with Gasteiger partial charge in [0.05, 0.1) is 30.5 Å². The van der Waals surface area contributed by atoms with Gasteiger partial charge < -0.3 is 18.9 Å². The normalized spacial score (nSPS) is 18.8. The molecule has 1 amide bonds. The van der Waals surface area contributed by atoms with Crippen LogP contribution in [-0.2, 0) is 15.9 Å². The van der Waals surface area contributed by atoms with Gasteiger partial charge in [0.25, 0.3) is 5.91 Å². The Hall–Kier alpha value is -2.83. The molecule has 0 atom stereocenters. The fraction of sp³-hybridized carbons (Fsp3) is 0.320. The molecule has 3 aromatic rings. The molecule has 0 radical (unpaired) electrons. The van der Waals surface area contributed by atoms with Crippen LogP contribution in [0.5, 0.6) is 5.75 Å². The predicted octanol–water partition coefficient (Wildman–Crippen LogP) is 4.31. The molecular weight excluding hydrogens is 389 g/mol. The van der Waals surface area contributed by atoms with Crippen molar-refractivity contribution in [1.82, 2.24) is 0 Å². The van der Waals surface area contributed by atoms with Crippen LogP contribution in [0.4, 0.5) is 5.69 Å². The van der Waals surface area contributed by atoms with Crippen LogP contribution in [0, 0.1) is 0 Å². The SMILES string of the molecule is COc1ccc(CN2C(=O)c3ccc(B4OC(C)(C)C(C)(C)O4)c4cccc2c34)cc1. The first-order chi connectivity index (χ1) is 14.7. The summed E-state index contributed by atoms with van der Waals surface area (Å²) in [6.07, 6.45) is 0. The van der Waals surface area contributed by atoms with E-state index in [-0.39, 0.29) is 5.91 Å². The average Bonchev–Trinajstić information content (AvgIpc) is 3.13. The van der Waals surface area contributed by atoms with Gasteiger partial charge in [0.15, 0.2) is 0 Å². The molecule has 2 heterocycles. The number of nitrogens with zero attached hydrogens (tertiary/aromatic N) is 1. The minimum absolute atomic E-state index is 0.0162. The number of carbonyl (C=O) groups excluding carboxylic acids is 1. The van der Waals surface area contributed by atoms with Crippen LogP contribution in [0.1, 0.15) is 43.6 Å². The van der Waals surface area contributed by atoms with Gasteiger partial charge in [-0.2, -0.15) is 0 Å². The van der Waals surface area contributed by atoms with E-state index in [0.29, 0.717) is 6.54 Å². The van der Waals surface area contributed by atoms with Gasteiger partial charge in [-0.05, 0) is 68.4 Å². The molecule has 0 bridgehead atoms. The lowest BCUT2D eigenvalue weighted by molar-refractivity contribution is 0.00578. The van der Waals surface area contributed by atoms with Gasteiger partial charge in [-0.1, -0.05) is 30.3 Å². The highest BCUT2D eigenvalue weighted by molar-refractivity contribution is 6.65. The molecule has 0 saturated carbocycles. The van der Waals surface area contributed by atoms with Gasteiger partial charge in [0.2, 0.25) is 0 Å². The summed E-state index contributed by atoms with van der Waals surface area (Å²) in [5.41, 5.74) is 2.81. The number of benzene rings is 3. The summed E-state index contributed by atoms with van der Waals surface area (Å²) in [7, 11) is 1.17. The van der Waals surface area contributed by atoms with Crippen LogP contribution in [0.2, 0.25) is 0 Å². The lowest BCUT2D eigenvalue weighted by atomic mass is 9.75. The summed E-state index contributed by atoms with van der Waals surface area (Å²) >= 11 is 0. The monoisotopic (exact) mass is 415 g/mol. The fourth-order valence-electron chi connectivity index (χ4n) is 4.31. The van der Waals surface area contributed by atoms with Gasteiger partial charge in [-0.25, -0.2) is 0 Å². The summed E-state index contributed by atoms with van der Waals surface area (Å²) < 4.78 is 17.8. The molecular formula is C25H26BNO4. The largest absolute Gasteiger partial charge is 0.497 e. The lowest BCUT2D eigenvalue weighted by Gasteiger charge is -2.32. The van der Waals surface area contributed by atoms with Gasteiger partial charge in [-0.3, -0.25) is 4.79 Å². The molecule has 2 aliphatic heterocycles. The first kappa shape index (κ1) is 20.1. The van der Waals surface area contributed by atoms with Crippen molar-refractivity contribution < 1.29 is 18.8 Å². The molecule has 5 nitrogen and oxygen atoms in total. The number of ether oxygens (including phenoxy) is 1. The second-order valence-electron chi connectivity index (χ2n) is 9.23. The third-order valence-electron chi connectivity index (χ3n) is 6.83. The van der Waals surface area contributed by atoms with Gasteiger partial charge >= 0.3 is 7.12 Å². The molecule has 3 aromatic carbocycles. The first-order valence-electron chi connectivity index (χ1n) is 10.6. The molecule has 0 aliphatic carbocycles. The van der Waals surface area contributed by atoms with E-state index >= 15 is 0 Å². The van der Waals surface area contributed by atoms with Crippen molar-refractivity contribution in [3.63, 3.8) is 0 Å². The molecule has 31 heavy (non-hydrogen) atoms. The highest BCUT2D eigenvalue weighted by Crippen LogP contribution is 2.40. The molecule has 1 saturated heterocycles. The molecule has 0 N–H and O–H groups in total. The van der Waals surface area contributed by atoms with Crippen molar-refractivity contribution >= 4 is 34.9 Å². The number of rotatable bonds is 4. The number of methoxy groups -OCH3 is 1. The maximum absolute atomic E-state index is 13.3. The summed E-state index contributed by atoms with van der Waals surface area (Å²) in [4.78, 5) is 15.1. The van der Waals surface area contributed by atoms with Crippen LogP contribution >= 0.6 is 0 Å². The minimum Gasteiger partial charge on any atom is -0.497 e. The third kappa shape index (κ3) is 3.05. The van der Waals surface area contributed by atoms with Crippen molar-refractivity contribution in [3.05, 3.63) is 65.7 Å². The second kappa shape index (κ2) is 6.84. The highest BCUT2D eigenvalue weighted by atomic mass is 16.7. The molecule has 5 rings (SSSR count). The first-order valence-corrected chi connectivity index (χ1v) is 10.6. The topological polar surface area (TPSA) is 48.0 Å². The maximum atomic E-state index is 13.3. The lowest BCUT2D eigenvalue weighted by Crippen LogP contribution is -2.41. The summed E-state index contributed by atoms with van der Waals surface area (Å²) in [6, 6.07) is 17.7. The number of hydrogen-bond acceptors (Lipinski definition) is 4. The van der Waals surface area contributed by atoms with E-state index in [1.807, 2.05) is 87.2 Å². The van der Waals surface area contributed by atoms with Crippen molar-refractivity contribution in [1.29, 1.82) is 0 Å². The van der Waals surface area contributed by atoms with Crippen molar-refractivity contribution in [2.75, 3.05) is 12.0 Å². The number of amides is 1. The minimum atomic E-state index is -0.472. The Morgan fingerprint density at radius 3 is 2.26 bits per heavy atom. The Morgan fingerprint density at radius 2 is 1.61 bits per heavy atom. The quantitative estimate of drug-likeness (QED) is 0.596. The molecule has 0 unspecified atom stereocenters. The van der Waals surface area contributed by atoms with E-state index in [9.17, 15) is 4.79 Å². The Bertz CT molecular complexity index is 1170. The highest BCUT2D eigenvalue weighted by Gasteiger charge is 2.52. The number of hydrogen-bond donors (Lipinski definition) is 0. The van der Waals surface area contributed by atoms with Crippen LogP contribution in [0.25, 0.3) is 10.8 Å². The van der Waals surface area contributed by atoms with Crippen LogP contribution in [-0.4, -0.2) is 31.3 Å². The Balaban J connectivity index is 1.55. The van der Waals surface area contributed by atoms with Crippen molar-refractivity contribution in [2.45, 2.75) is 45.4 Å². The van der Waals surface area contributed by atoms with E-state index in [1.165, 1.54) is 0 Å². The Labute approximate surface area is 183 Å². The molecule has 2 aliphatic rings. The second-order valence-corrected chi connectivity index (χ2v) is 9.23. The van der Waals surface area contributed by atoms with Gasteiger partial charge in [0, 0.05) is 10.9 Å². The van der Waals surface area contributed by atoms with Crippen LogP contribution < -0.4 is 15.1 Å². The van der Waals surface area contributed by atoms with Gasteiger partial charge in [0.1, 0.15) is 5.75 Å². The maximum Gasteiger partial charge on any atom is 0.495 e. The zero-order chi connectivity index (χ0) is 22.0. The predicted molar refractivity (Wildman–Crippen MR) is 123 cm³/mol. The van der Waals surface area contributed by atoms with Crippen LogP contribution in [0.3, 0.4) is 0 Å². The van der Waals surface area contributed by atoms with E-state index < -0.39 is 18.3 Å². The van der Waals surface area contributed by atoms with Crippen molar-refractivity contribution in [2.24, 2.45) is 0 Å². The smallest absolute Gasteiger partial charge is 0.495 e. The standard InChI is InChI=1S/C25H26BNO4/c1-24(2)25(3,4)31-26(30-24)20-14-13-19-22-18(20)7-6-8-21(22)27(23(19)28)15-16-9-11-17(29-5)12-10-16/h6-14H,15H2,1-5H3.